The summed E-state index contributed by atoms with van der Waals surface area (Å²) >= 11 is 6.00. The molecule has 3 aromatic carbocycles. The zero-order valence-corrected chi connectivity index (χ0v) is 20.8. The molecule has 8 heteroatoms. The second-order valence-corrected chi connectivity index (χ2v) is 11.2. The van der Waals surface area contributed by atoms with Gasteiger partial charge >= 0.3 is 5.97 Å². The molecule has 0 saturated heterocycles. The van der Waals surface area contributed by atoms with E-state index < -0.39 is 33.5 Å². The van der Waals surface area contributed by atoms with Crippen LogP contribution in [0.15, 0.2) is 83.8 Å². The Labute approximate surface area is 205 Å². The van der Waals surface area contributed by atoms with Gasteiger partial charge in [0.25, 0.3) is 0 Å². The highest BCUT2D eigenvalue weighted by molar-refractivity contribution is 7.89. The third-order valence-electron chi connectivity index (χ3n) is 4.97. The molecule has 0 bridgehead atoms. The molecule has 0 heterocycles. The van der Waals surface area contributed by atoms with Gasteiger partial charge in [0.05, 0.1) is 4.90 Å². The largest absolute Gasteiger partial charge is 0.459 e. The van der Waals surface area contributed by atoms with Gasteiger partial charge in [-0.2, -0.15) is 4.31 Å². The van der Waals surface area contributed by atoms with Crippen molar-refractivity contribution in [1.82, 2.24) is 4.31 Å². The fourth-order valence-electron chi connectivity index (χ4n) is 3.38. The molecule has 0 radical (unpaired) electrons. The molecule has 0 spiro atoms. The predicted octanol–water partition coefficient (Wildman–Crippen LogP) is 5.62. The van der Waals surface area contributed by atoms with Gasteiger partial charge in [-0.3, -0.25) is 4.79 Å². The number of carbonyl (C=O) groups is 1. The van der Waals surface area contributed by atoms with Crippen LogP contribution in [0.5, 0.6) is 0 Å². The standard InChI is InChI=1S/C26H27ClFNO4S/c1-26(2,3)33-25(30)24(17-19-7-5-4-6-8-19)29(18-20-9-11-21(27)12-10-20)34(31,32)23-15-13-22(28)14-16-23/h4-16,24H,17-18H2,1-3H3/t24-/m0/s1. The molecule has 34 heavy (non-hydrogen) atoms. The molecule has 0 amide bonds. The summed E-state index contributed by atoms with van der Waals surface area (Å²) in [6.07, 6.45) is 0.101. The highest BCUT2D eigenvalue weighted by Crippen LogP contribution is 2.26. The Bertz CT molecular complexity index is 1210. The predicted molar refractivity (Wildman–Crippen MR) is 130 cm³/mol. The third kappa shape index (κ3) is 6.88. The van der Waals surface area contributed by atoms with E-state index in [1.807, 2.05) is 30.3 Å². The Morgan fingerprint density at radius 1 is 0.941 bits per heavy atom. The van der Waals surface area contributed by atoms with E-state index in [-0.39, 0.29) is 17.9 Å². The summed E-state index contributed by atoms with van der Waals surface area (Å²) in [5, 5.41) is 0.504. The first-order valence-corrected chi connectivity index (χ1v) is 12.6. The molecule has 0 N–H and O–H groups in total. The number of halogens is 2. The maximum Gasteiger partial charge on any atom is 0.325 e. The minimum Gasteiger partial charge on any atom is -0.459 e. The van der Waals surface area contributed by atoms with Crippen molar-refractivity contribution in [1.29, 1.82) is 0 Å². The summed E-state index contributed by atoms with van der Waals surface area (Å²) in [7, 11) is -4.21. The van der Waals surface area contributed by atoms with Crippen molar-refractivity contribution in [3.05, 3.63) is 101 Å². The van der Waals surface area contributed by atoms with Gasteiger partial charge in [-0.25, -0.2) is 12.8 Å². The zero-order chi connectivity index (χ0) is 24.9. The van der Waals surface area contributed by atoms with E-state index in [0.29, 0.717) is 10.6 Å². The molecule has 5 nitrogen and oxygen atoms in total. The van der Waals surface area contributed by atoms with Crippen molar-refractivity contribution < 1.29 is 22.3 Å². The van der Waals surface area contributed by atoms with Gasteiger partial charge in [-0.15, -0.1) is 0 Å². The van der Waals surface area contributed by atoms with Crippen LogP contribution < -0.4 is 0 Å². The van der Waals surface area contributed by atoms with E-state index in [1.165, 1.54) is 12.1 Å². The van der Waals surface area contributed by atoms with Crippen LogP contribution in [0.1, 0.15) is 31.9 Å². The van der Waals surface area contributed by atoms with Crippen molar-refractivity contribution >= 4 is 27.6 Å². The topological polar surface area (TPSA) is 63.7 Å². The highest BCUT2D eigenvalue weighted by Gasteiger charge is 2.38. The monoisotopic (exact) mass is 503 g/mol. The number of sulfonamides is 1. The molecule has 0 fully saturated rings. The Morgan fingerprint density at radius 3 is 2.09 bits per heavy atom. The minimum absolute atomic E-state index is 0.101. The molecule has 0 unspecified atom stereocenters. The van der Waals surface area contributed by atoms with Gasteiger partial charge in [-0.05, 0) is 74.7 Å². The minimum atomic E-state index is -4.21. The Morgan fingerprint density at radius 2 is 1.53 bits per heavy atom. The van der Waals surface area contributed by atoms with Crippen molar-refractivity contribution in [2.45, 2.75) is 50.3 Å². The summed E-state index contributed by atoms with van der Waals surface area (Å²) in [5.41, 5.74) is 0.586. The van der Waals surface area contributed by atoms with E-state index in [0.717, 1.165) is 22.0 Å². The van der Waals surface area contributed by atoms with Crippen LogP contribution >= 0.6 is 11.6 Å². The van der Waals surface area contributed by atoms with Gasteiger partial charge in [0, 0.05) is 11.6 Å². The van der Waals surface area contributed by atoms with E-state index >= 15 is 0 Å². The van der Waals surface area contributed by atoms with Crippen molar-refractivity contribution in [2.24, 2.45) is 0 Å². The average Bonchev–Trinajstić information content (AvgIpc) is 2.77. The van der Waals surface area contributed by atoms with Crippen LogP contribution in [0.25, 0.3) is 0 Å². The summed E-state index contributed by atoms with van der Waals surface area (Å²) in [5.74, 6) is -1.23. The normalized spacial score (nSPS) is 13.0. The maximum atomic E-state index is 13.8. The Hall–Kier alpha value is -2.74. The molecule has 0 aliphatic heterocycles. The fraction of sp³-hybridized carbons (Fsp3) is 0.269. The van der Waals surface area contributed by atoms with E-state index in [1.54, 1.807) is 45.0 Å². The lowest BCUT2D eigenvalue weighted by Crippen LogP contribution is -2.48. The van der Waals surface area contributed by atoms with E-state index in [4.69, 9.17) is 16.3 Å². The van der Waals surface area contributed by atoms with Gasteiger partial charge in [0.2, 0.25) is 10.0 Å². The number of rotatable bonds is 8. The van der Waals surface area contributed by atoms with Crippen molar-refractivity contribution in [3.8, 4) is 0 Å². The van der Waals surface area contributed by atoms with Crippen molar-refractivity contribution in [2.75, 3.05) is 0 Å². The van der Waals surface area contributed by atoms with Crippen LogP contribution in [0.4, 0.5) is 4.39 Å². The summed E-state index contributed by atoms with van der Waals surface area (Å²) in [6.45, 7) is 5.07. The SMILES string of the molecule is CC(C)(C)OC(=O)[C@H](Cc1ccccc1)N(Cc1ccc(Cl)cc1)S(=O)(=O)c1ccc(F)cc1. The molecular formula is C26H27ClFNO4S. The Kier molecular flexibility index (Phi) is 8.13. The molecule has 0 aliphatic carbocycles. The van der Waals surface area contributed by atoms with Crippen LogP contribution in [-0.2, 0) is 32.5 Å². The average molecular weight is 504 g/mol. The Balaban J connectivity index is 2.11. The zero-order valence-electron chi connectivity index (χ0n) is 19.2. The number of carbonyl (C=O) groups excluding carboxylic acids is 1. The summed E-state index contributed by atoms with van der Waals surface area (Å²) in [4.78, 5) is 13.3. The van der Waals surface area contributed by atoms with Gasteiger partial charge < -0.3 is 4.74 Å². The fourth-order valence-corrected chi connectivity index (χ4v) is 5.08. The van der Waals surface area contributed by atoms with Crippen LogP contribution in [0.2, 0.25) is 5.02 Å². The van der Waals surface area contributed by atoms with E-state index in [2.05, 4.69) is 0 Å². The van der Waals surface area contributed by atoms with Crippen LogP contribution in [-0.4, -0.2) is 30.3 Å². The third-order valence-corrected chi connectivity index (χ3v) is 7.09. The lowest BCUT2D eigenvalue weighted by molar-refractivity contribution is -0.159. The number of hydrogen-bond donors (Lipinski definition) is 0. The molecular weight excluding hydrogens is 477 g/mol. The number of ether oxygens (including phenoxy) is 1. The number of benzene rings is 3. The second-order valence-electron chi connectivity index (χ2n) is 8.87. The smallest absolute Gasteiger partial charge is 0.325 e. The van der Waals surface area contributed by atoms with Crippen LogP contribution in [0.3, 0.4) is 0 Å². The van der Waals surface area contributed by atoms with Gasteiger partial charge in [-0.1, -0.05) is 54.1 Å². The van der Waals surface area contributed by atoms with Gasteiger partial charge in [0.15, 0.2) is 0 Å². The van der Waals surface area contributed by atoms with Gasteiger partial charge in [0.1, 0.15) is 17.5 Å². The lowest BCUT2D eigenvalue weighted by Gasteiger charge is -2.32. The number of hydrogen-bond acceptors (Lipinski definition) is 4. The first kappa shape index (κ1) is 25.9. The molecule has 1 atom stereocenters. The summed E-state index contributed by atoms with van der Waals surface area (Å²) in [6, 6.07) is 19.2. The molecule has 0 aliphatic rings. The first-order valence-electron chi connectivity index (χ1n) is 10.7. The second kappa shape index (κ2) is 10.7. The quantitative estimate of drug-likeness (QED) is 0.374. The maximum absolute atomic E-state index is 13.8. The van der Waals surface area contributed by atoms with Crippen molar-refractivity contribution in [3.63, 3.8) is 0 Å². The molecule has 0 saturated carbocycles. The van der Waals surface area contributed by atoms with E-state index in [9.17, 15) is 17.6 Å². The highest BCUT2D eigenvalue weighted by atomic mass is 35.5. The molecule has 3 rings (SSSR count). The molecule has 3 aromatic rings. The van der Waals surface area contributed by atoms with Crippen LogP contribution in [0, 0.1) is 5.82 Å². The molecule has 0 aromatic heterocycles. The first-order chi connectivity index (χ1) is 16.0. The lowest BCUT2D eigenvalue weighted by atomic mass is 10.0. The number of nitrogens with zero attached hydrogens (tertiary/aromatic N) is 1. The molecule has 180 valence electrons. The number of esters is 1. The summed E-state index contributed by atoms with van der Waals surface area (Å²) < 4.78 is 47.8.